The second-order valence-corrected chi connectivity index (χ2v) is 4.33. The summed E-state index contributed by atoms with van der Waals surface area (Å²) in [5.41, 5.74) is 3.67. The van der Waals surface area contributed by atoms with Crippen LogP contribution in [0.3, 0.4) is 0 Å². The number of hydrogen-bond acceptors (Lipinski definition) is 1. The Hall–Kier alpha value is -0.760. The molecular formula is C12H16BrN. The molecule has 0 fully saturated rings. The van der Waals surface area contributed by atoms with Crippen LogP contribution < -0.4 is 5.32 Å². The molecule has 0 saturated carbocycles. The van der Waals surface area contributed by atoms with Crippen molar-refractivity contribution in [3.63, 3.8) is 0 Å². The molecule has 14 heavy (non-hydrogen) atoms. The minimum atomic E-state index is 0.860. The summed E-state index contributed by atoms with van der Waals surface area (Å²) in [7, 11) is 0. The molecule has 0 amide bonds. The summed E-state index contributed by atoms with van der Waals surface area (Å²) in [5.74, 6) is 0. The van der Waals surface area contributed by atoms with Gasteiger partial charge in [0.2, 0.25) is 0 Å². The minimum absolute atomic E-state index is 0.860. The Balaban J connectivity index is 2.63. The number of aryl methyl sites for hydroxylation is 1. The van der Waals surface area contributed by atoms with Gasteiger partial charge in [-0.1, -0.05) is 35.0 Å². The van der Waals surface area contributed by atoms with Crippen LogP contribution in [0.2, 0.25) is 0 Å². The molecule has 0 bridgehead atoms. The zero-order valence-corrected chi connectivity index (χ0v) is 10.3. The van der Waals surface area contributed by atoms with Gasteiger partial charge in [-0.25, -0.2) is 0 Å². The zero-order chi connectivity index (χ0) is 10.6. The molecule has 0 saturated heterocycles. The first-order valence-corrected chi connectivity index (χ1v) is 5.59. The van der Waals surface area contributed by atoms with E-state index in [1.54, 1.807) is 0 Å². The van der Waals surface area contributed by atoms with Crippen molar-refractivity contribution in [2.24, 2.45) is 0 Å². The van der Waals surface area contributed by atoms with Crippen LogP contribution in [-0.4, -0.2) is 6.54 Å². The third-order valence-electron chi connectivity index (χ3n) is 2.22. The van der Waals surface area contributed by atoms with Crippen molar-refractivity contribution >= 4 is 21.6 Å². The van der Waals surface area contributed by atoms with Gasteiger partial charge in [0, 0.05) is 16.7 Å². The molecule has 0 aliphatic rings. The van der Waals surface area contributed by atoms with Crippen LogP contribution in [0.5, 0.6) is 0 Å². The highest BCUT2D eigenvalue weighted by Crippen LogP contribution is 2.20. The van der Waals surface area contributed by atoms with E-state index < -0.39 is 0 Å². The first-order valence-electron chi connectivity index (χ1n) is 4.80. The highest BCUT2D eigenvalue weighted by atomic mass is 79.9. The molecule has 1 nitrogen and oxygen atoms in total. The monoisotopic (exact) mass is 253 g/mol. The van der Waals surface area contributed by atoms with E-state index in [1.165, 1.54) is 16.8 Å². The highest BCUT2D eigenvalue weighted by Gasteiger charge is 1.98. The summed E-state index contributed by atoms with van der Waals surface area (Å²) in [4.78, 5) is 0. The maximum absolute atomic E-state index is 3.96. The van der Waals surface area contributed by atoms with E-state index in [4.69, 9.17) is 0 Å². The average Bonchev–Trinajstić information content (AvgIpc) is 2.16. The molecule has 0 aliphatic heterocycles. The van der Waals surface area contributed by atoms with Gasteiger partial charge < -0.3 is 5.32 Å². The Morgan fingerprint density at radius 1 is 1.50 bits per heavy atom. The molecule has 1 aromatic carbocycles. The summed E-state index contributed by atoms with van der Waals surface area (Å²) in [5, 5.41) is 3.37. The Morgan fingerprint density at radius 2 is 2.21 bits per heavy atom. The fraction of sp³-hybridized carbons (Fsp3) is 0.333. The molecule has 0 radical (unpaired) electrons. The molecule has 76 valence electrons. The number of rotatable bonds is 4. The molecule has 1 rings (SSSR count). The molecule has 1 aromatic rings. The Bertz CT molecular complexity index is 331. The zero-order valence-electron chi connectivity index (χ0n) is 8.73. The van der Waals surface area contributed by atoms with E-state index in [0.717, 1.165) is 17.4 Å². The molecule has 2 heteroatoms. The van der Waals surface area contributed by atoms with Crippen LogP contribution in [0, 0.1) is 6.92 Å². The first-order chi connectivity index (χ1) is 6.63. The molecule has 0 atom stereocenters. The van der Waals surface area contributed by atoms with Gasteiger partial charge >= 0.3 is 0 Å². The smallest absolute Gasteiger partial charge is 0.0373 e. The highest BCUT2D eigenvalue weighted by molar-refractivity contribution is 9.10. The lowest BCUT2D eigenvalue weighted by atomic mass is 10.2. The molecule has 0 heterocycles. The summed E-state index contributed by atoms with van der Waals surface area (Å²) in [6.45, 7) is 9.05. The van der Waals surface area contributed by atoms with Crippen molar-refractivity contribution in [1.29, 1.82) is 0 Å². The topological polar surface area (TPSA) is 12.0 Å². The molecular weight excluding hydrogens is 238 g/mol. The van der Waals surface area contributed by atoms with E-state index in [9.17, 15) is 0 Å². The summed E-state index contributed by atoms with van der Waals surface area (Å²) < 4.78 is 1.12. The second-order valence-electron chi connectivity index (χ2n) is 3.42. The van der Waals surface area contributed by atoms with Crippen molar-refractivity contribution in [1.82, 2.24) is 0 Å². The summed E-state index contributed by atoms with van der Waals surface area (Å²) >= 11 is 3.44. The van der Waals surface area contributed by atoms with E-state index in [-0.39, 0.29) is 0 Å². The third-order valence-corrected chi connectivity index (χ3v) is 2.71. The van der Waals surface area contributed by atoms with E-state index in [1.807, 2.05) is 6.07 Å². The number of benzene rings is 1. The number of nitrogens with one attached hydrogen (secondary N) is 1. The van der Waals surface area contributed by atoms with Crippen LogP contribution in [0.1, 0.15) is 18.9 Å². The van der Waals surface area contributed by atoms with Crippen molar-refractivity contribution in [3.8, 4) is 0 Å². The van der Waals surface area contributed by atoms with Gasteiger partial charge in [-0.05, 0) is 37.1 Å². The van der Waals surface area contributed by atoms with Crippen molar-refractivity contribution < 1.29 is 0 Å². The van der Waals surface area contributed by atoms with Crippen molar-refractivity contribution in [2.75, 3.05) is 11.9 Å². The van der Waals surface area contributed by atoms with Crippen LogP contribution in [0.15, 0.2) is 34.8 Å². The molecule has 0 aromatic heterocycles. The second kappa shape index (κ2) is 5.20. The maximum Gasteiger partial charge on any atom is 0.0373 e. The number of anilines is 1. The quantitative estimate of drug-likeness (QED) is 0.796. The molecule has 0 spiro atoms. The van der Waals surface area contributed by atoms with E-state index in [0.29, 0.717) is 0 Å². The van der Waals surface area contributed by atoms with Gasteiger partial charge in [0.1, 0.15) is 0 Å². The van der Waals surface area contributed by atoms with Gasteiger partial charge in [-0.15, -0.1) is 0 Å². The predicted molar refractivity (Wildman–Crippen MR) is 66.8 cm³/mol. The van der Waals surface area contributed by atoms with Gasteiger partial charge in [0.05, 0.1) is 0 Å². The predicted octanol–water partition coefficient (Wildman–Crippen LogP) is 4.14. The minimum Gasteiger partial charge on any atom is -0.381 e. The fourth-order valence-electron chi connectivity index (χ4n) is 1.17. The molecule has 1 N–H and O–H groups in total. The SMILES string of the molecule is C=C(CC)CNc1ccc(Br)cc1C. The van der Waals surface area contributed by atoms with Crippen LogP contribution in [-0.2, 0) is 0 Å². The van der Waals surface area contributed by atoms with Crippen LogP contribution in [0.25, 0.3) is 0 Å². The average molecular weight is 254 g/mol. The normalized spacial score (nSPS) is 9.93. The van der Waals surface area contributed by atoms with E-state index in [2.05, 4.69) is 53.8 Å². The lowest BCUT2D eigenvalue weighted by molar-refractivity contribution is 1.05. The standard InChI is InChI=1S/C12H16BrN/c1-4-9(2)8-14-12-6-5-11(13)7-10(12)3/h5-7,14H,2,4,8H2,1,3H3. The first kappa shape index (κ1) is 11.3. The largest absolute Gasteiger partial charge is 0.381 e. The Kier molecular flexibility index (Phi) is 4.21. The van der Waals surface area contributed by atoms with Gasteiger partial charge in [-0.3, -0.25) is 0 Å². The lowest BCUT2D eigenvalue weighted by Gasteiger charge is -2.10. The molecule has 0 aliphatic carbocycles. The van der Waals surface area contributed by atoms with E-state index >= 15 is 0 Å². The maximum atomic E-state index is 3.96. The van der Waals surface area contributed by atoms with Gasteiger partial charge in [0.25, 0.3) is 0 Å². The lowest BCUT2D eigenvalue weighted by Crippen LogP contribution is -2.04. The number of halogens is 1. The third kappa shape index (κ3) is 3.18. The van der Waals surface area contributed by atoms with Gasteiger partial charge in [-0.2, -0.15) is 0 Å². The fourth-order valence-corrected chi connectivity index (χ4v) is 1.65. The number of hydrogen-bond donors (Lipinski definition) is 1. The van der Waals surface area contributed by atoms with Crippen molar-refractivity contribution in [3.05, 3.63) is 40.4 Å². The molecule has 0 unspecified atom stereocenters. The van der Waals surface area contributed by atoms with Gasteiger partial charge in [0.15, 0.2) is 0 Å². The van der Waals surface area contributed by atoms with Crippen LogP contribution >= 0.6 is 15.9 Å². The van der Waals surface area contributed by atoms with Crippen LogP contribution in [0.4, 0.5) is 5.69 Å². The van der Waals surface area contributed by atoms with Crippen molar-refractivity contribution in [2.45, 2.75) is 20.3 Å². The Labute approximate surface area is 94.3 Å². The Morgan fingerprint density at radius 3 is 2.79 bits per heavy atom. The summed E-state index contributed by atoms with van der Waals surface area (Å²) in [6.07, 6.45) is 1.03. The summed E-state index contributed by atoms with van der Waals surface area (Å²) in [6, 6.07) is 6.24.